The number of methoxy groups -OCH3 is 1. The van der Waals surface area contributed by atoms with Crippen LogP contribution in [0.4, 0.5) is 0 Å². The van der Waals surface area contributed by atoms with Gasteiger partial charge in [0.15, 0.2) is 0 Å². The lowest BCUT2D eigenvalue weighted by Gasteiger charge is -2.07. The molecule has 3 aromatic rings. The van der Waals surface area contributed by atoms with Gasteiger partial charge < -0.3 is 9.47 Å². The van der Waals surface area contributed by atoms with Crippen LogP contribution >= 0.6 is 0 Å². The van der Waals surface area contributed by atoms with Crippen LogP contribution in [0.15, 0.2) is 85.5 Å². The van der Waals surface area contributed by atoms with Gasteiger partial charge in [0, 0.05) is 0 Å². The first-order chi connectivity index (χ1) is 14.7. The van der Waals surface area contributed by atoms with Crippen LogP contribution in [-0.2, 0) is 19.3 Å². The molecule has 3 aromatic carbocycles. The molecule has 154 valence electrons. The Bertz CT molecular complexity index is 939. The highest BCUT2D eigenvalue weighted by Crippen LogP contribution is 2.18. The number of rotatable bonds is 10. The molecule has 0 amide bonds. The predicted molar refractivity (Wildman–Crippen MR) is 121 cm³/mol. The summed E-state index contributed by atoms with van der Waals surface area (Å²) < 4.78 is 10.7. The van der Waals surface area contributed by atoms with Crippen LogP contribution in [0.25, 0.3) is 0 Å². The highest BCUT2D eigenvalue weighted by Gasteiger charge is 2.09. The molecule has 3 nitrogen and oxygen atoms in total. The van der Waals surface area contributed by atoms with Gasteiger partial charge in [0.1, 0.15) is 11.5 Å². The third-order valence-electron chi connectivity index (χ3n) is 5.06. The second-order valence-corrected chi connectivity index (χ2v) is 7.26. The van der Waals surface area contributed by atoms with Crippen molar-refractivity contribution < 1.29 is 14.3 Å². The van der Waals surface area contributed by atoms with Gasteiger partial charge in [-0.1, -0.05) is 42.5 Å². The number of carbonyl (C=O) groups excluding carboxylic acids is 1. The van der Waals surface area contributed by atoms with Gasteiger partial charge in [-0.05, 0) is 85.2 Å². The van der Waals surface area contributed by atoms with Crippen molar-refractivity contribution in [3.63, 3.8) is 0 Å². The van der Waals surface area contributed by atoms with E-state index in [1.165, 1.54) is 16.7 Å². The number of esters is 1. The van der Waals surface area contributed by atoms with E-state index in [0.717, 1.165) is 37.9 Å². The Balaban J connectivity index is 1.50. The van der Waals surface area contributed by atoms with Crippen molar-refractivity contribution in [2.75, 3.05) is 7.11 Å². The molecule has 0 radical (unpaired) electrons. The summed E-state index contributed by atoms with van der Waals surface area (Å²) in [7, 11) is 1.67. The fraction of sp³-hybridized carbons (Fsp3) is 0.222. The molecule has 0 bridgehead atoms. The van der Waals surface area contributed by atoms with Gasteiger partial charge >= 0.3 is 5.97 Å². The van der Waals surface area contributed by atoms with Crippen LogP contribution in [-0.4, -0.2) is 13.1 Å². The molecule has 0 atom stereocenters. The summed E-state index contributed by atoms with van der Waals surface area (Å²) >= 11 is 0. The van der Waals surface area contributed by atoms with Crippen LogP contribution in [0, 0.1) is 0 Å². The summed E-state index contributed by atoms with van der Waals surface area (Å²) in [5.74, 6) is 1.09. The van der Waals surface area contributed by atoms with E-state index in [2.05, 4.69) is 18.7 Å². The minimum atomic E-state index is -0.335. The fourth-order valence-electron chi connectivity index (χ4n) is 3.23. The fourth-order valence-corrected chi connectivity index (χ4v) is 3.23. The predicted octanol–water partition coefficient (Wildman–Crippen LogP) is 6.21. The summed E-state index contributed by atoms with van der Waals surface area (Å²) in [6.07, 6.45) is 6.85. The Morgan fingerprint density at radius 1 is 0.767 bits per heavy atom. The second kappa shape index (κ2) is 11.0. The normalized spacial score (nSPS) is 10.4. The Kier molecular flexibility index (Phi) is 7.85. The molecule has 0 unspecified atom stereocenters. The topological polar surface area (TPSA) is 35.5 Å². The number of carbonyl (C=O) groups is 1. The Morgan fingerprint density at radius 3 is 1.80 bits per heavy atom. The van der Waals surface area contributed by atoms with Crippen LogP contribution in [0.1, 0.15) is 39.9 Å². The van der Waals surface area contributed by atoms with E-state index in [-0.39, 0.29) is 5.97 Å². The lowest BCUT2D eigenvalue weighted by molar-refractivity contribution is 0.0734. The SMILES string of the molecule is C=CCCCc1ccc(C(=O)Oc2ccc(CCc3ccc(OC)cc3)cc2)cc1. The van der Waals surface area contributed by atoms with E-state index in [9.17, 15) is 4.79 Å². The summed E-state index contributed by atoms with van der Waals surface area (Å²) in [5, 5.41) is 0. The first-order valence-corrected chi connectivity index (χ1v) is 10.3. The van der Waals surface area contributed by atoms with Gasteiger partial charge in [0.2, 0.25) is 0 Å². The molecule has 0 aliphatic rings. The zero-order chi connectivity index (χ0) is 21.2. The van der Waals surface area contributed by atoms with Crippen LogP contribution < -0.4 is 9.47 Å². The van der Waals surface area contributed by atoms with E-state index in [0.29, 0.717) is 11.3 Å². The molecule has 0 saturated carbocycles. The first-order valence-electron chi connectivity index (χ1n) is 10.3. The number of unbranched alkanes of at least 4 members (excludes halogenated alkanes) is 1. The quantitative estimate of drug-likeness (QED) is 0.176. The minimum absolute atomic E-state index is 0.335. The second-order valence-electron chi connectivity index (χ2n) is 7.26. The minimum Gasteiger partial charge on any atom is -0.497 e. The molecule has 0 aliphatic carbocycles. The lowest BCUT2D eigenvalue weighted by Crippen LogP contribution is -2.08. The molecule has 0 N–H and O–H groups in total. The molecule has 3 heteroatoms. The maximum absolute atomic E-state index is 12.4. The number of ether oxygens (including phenoxy) is 2. The maximum atomic E-state index is 12.4. The standard InChI is InChI=1S/C27H28O3/c1-3-4-5-6-21-9-15-24(16-10-21)27(28)30-26-19-13-23(14-20-26)8-7-22-11-17-25(29-2)18-12-22/h3,9-20H,1,4-8H2,2H3. The Morgan fingerprint density at radius 2 is 1.27 bits per heavy atom. The summed E-state index contributed by atoms with van der Waals surface area (Å²) in [6.45, 7) is 3.74. The summed E-state index contributed by atoms with van der Waals surface area (Å²) in [6, 6.07) is 23.5. The van der Waals surface area contributed by atoms with Crippen LogP contribution in [0.2, 0.25) is 0 Å². The summed E-state index contributed by atoms with van der Waals surface area (Å²) in [4.78, 5) is 12.4. The van der Waals surface area contributed by atoms with Crippen molar-refractivity contribution in [2.45, 2.75) is 32.1 Å². The monoisotopic (exact) mass is 400 g/mol. The molecule has 0 heterocycles. The molecule has 0 aromatic heterocycles. The van der Waals surface area contributed by atoms with E-state index in [1.54, 1.807) is 7.11 Å². The van der Waals surface area contributed by atoms with Crippen molar-refractivity contribution in [1.82, 2.24) is 0 Å². The number of allylic oxidation sites excluding steroid dienone is 1. The van der Waals surface area contributed by atoms with Crippen LogP contribution in [0.3, 0.4) is 0 Å². The third-order valence-corrected chi connectivity index (χ3v) is 5.06. The number of hydrogen-bond acceptors (Lipinski definition) is 3. The van der Waals surface area contributed by atoms with Crippen LogP contribution in [0.5, 0.6) is 11.5 Å². The Hall–Kier alpha value is -3.33. The molecular formula is C27H28O3. The molecular weight excluding hydrogens is 372 g/mol. The van der Waals surface area contributed by atoms with Gasteiger partial charge in [-0.15, -0.1) is 6.58 Å². The highest BCUT2D eigenvalue weighted by atomic mass is 16.5. The number of hydrogen-bond donors (Lipinski definition) is 0. The van der Waals surface area contributed by atoms with Gasteiger partial charge in [-0.25, -0.2) is 4.79 Å². The van der Waals surface area contributed by atoms with Gasteiger partial charge in [0.05, 0.1) is 12.7 Å². The maximum Gasteiger partial charge on any atom is 0.343 e. The Labute approximate surface area is 179 Å². The van der Waals surface area contributed by atoms with Gasteiger partial charge in [0.25, 0.3) is 0 Å². The van der Waals surface area contributed by atoms with E-state index in [1.807, 2.05) is 66.7 Å². The van der Waals surface area contributed by atoms with Gasteiger partial charge in [-0.2, -0.15) is 0 Å². The number of aryl methyl sites for hydroxylation is 3. The lowest BCUT2D eigenvalue weighted by atomic mass is 10.0. The van der Waals surface area contributed by atoms with Crippen molar-refractivity contribution in [1.29, 1.82) is 0 Å². The zero-order valence-electron chi connectivity index (χ0n) is 17.5. The molecule has 3 rings (SSSR count). The van der Waals surface area contributed by atoms with E-state index in [4.69, 9.17) is 9.47 Å². The number of benzene rings is 3. The largest absolute Gasteiger partial charge is 0.497 e. The van der Waals surface area contributed by atoms with E-state index >= 15 is 0 Å². The smallest absolute Gasteiger partial charge is 0.343 e. The van der Waals surface area contributed by atoms with Crippen molar-refractivity contribution in [3.05, 3.63) is 108 Å². The van der Waals surface area contributed by atoms with Crippen molar-refractivity contribution in [2.24, 2.45) is 0 Å². The first kappa shape index (κ1) is 21.4. The molecule has 0 spiro atoms. The molecule has 0 fully saturated rings. The molecule has 30 heavy (non-hydrogen) atoms. The van der Waals surface area contributed by atoms with Gasteiger partial charge in [-0.3, -0.25) is 0 Å². The zero-order valence-corrected chi connectivity index (χ0v) is 17.5. The third kappa shape index (κ3) is 6.35. The van der Waals surface area contributed by atoms with Crippen molar-refractivity contribution in [3.8, 4) is 11.5 Å². The summed E-state index contributed by atoms with van der Waals surface area (Å²) in [5.41, 5.74) is 4.24. The van der Waals surface area contributed by atoms with Crippen molar-refractivity contribution >= 4 is 5.97 Å². The highest BCUT2D eigenvalue weighted by molar-refractivity contribution is 5.91. The molecule has 0 saturated heterocycles. The average molecular weight is 401 g/mol. The van der Waals surface area contributed by atoms with E-state index < -0.39 is 0 Å². The average Bonchev–Trinajstić information content (AvgIpc) is 2.79. The molecule has 0 aliphatic heterocycles.